The Kier molecular flexibility index (Phi) is 4.78. The van der Waals surface area contributed by atoms with Gasteiger partial charge in [-0.1, -0.05) is 29.8 Å². The monoisotopic (exact) mass is 346 g/mol. The summed E-state index contributed by atoms with van der Waals surface area (Å²) in [5, 5.41) is 11.7. The van der Waals surface area contributed by atoms with Crippen LogP contribution in [0.15, 0.2) is 24.3 Å². The smallest absolute Gasteiger partial charge is 0.0477 e. The van der Waals surface area contributed by atoms with Crippen LogP contribution in [0.2, 0.25) is 0 Å². The minimum absolute atomic E-state index is 0.257. The summed E-state index contributed by atoms with van der Waals surface area (Å²) in [5.41, 5.74) is 2.66. The van der Waals surface area contributed by atoms with Crippen LogP contribution < -0.4 is 3.64 Å². The lowest BCUT2D eigenvalue weighted by Crippen LogP contribution is -2.44. The highest BCUT2D eigenvalue weighted by molar-refractivity contribution is 14.1. The molecule has 1 aromatic rings. The van der Waals surface area contributed by atoms with E-state index in [0.717, 1.165) is 19.5 Å². The fraction of sp³-hybridized carbons (Fsp3) is 0.538. The van der Waals surface area contributed by atoms with Crippen molar-refractivity contribution in [3.8, 4) is 0 Å². The van der Waals surface area contributed by atoms with E-state index in [-0.39, 0.29) is 6.61 Å². The number of hydrazine groups is 1. The Hall–Kier alpha value is -0.170. The maximum atomic E-state index is 9.53. The van der Waals surface area contributed by atoms with Gasteiger partial charge in [-0.3, -0.25) is 0 Å². The second-order valence-electron chi connectivity index (χ2n) is 4.78. The summed E-state index contributed by atoms with van der Waals surface area (Å²) in [7, 11) is 0. The van der Waals surface area contributed by atoms with Gasteiger partial charge in [0.2, 0.25) is 0 Å². The van der Waals surface area contributed by atoms with E-state index in [4.69, 9.17) is 0 Å². The van der Waals surface area contributed by atoms with Gasteiger partial charge in [0.25, 0.3) is 0 Å². The minimum Gasteiger partial charge on any atom is -0.396 e. The predicted molar refractivity (Wildman–Crippen MR) is 77.8 cm³/mol. The van der Waals surface area contributed by atoms with E-state index >= 15 is 0 Å². The Balaban J connectivity index is 2.12. The van der Waals surface area contributed by atoms with E-state index in [0.29, 0.717) is 11.8 Å². The summed E-state index contributed by atoms with van der Waals surface area (Å²) in [6.45, 7) is 4.32. The topological polar surface area (TPSA) is 35.5 Å². The number of nitrogens with one attached hydrogen (secondary N) is 1. The molecule has 0 aliphatic carbocycles. The fourth-order valence-corrected chi connectivity index (χ4v) is 2.98. The third-order valence-corrected chi connectivity index (χ3v) is 4.28. The molecule has 1 aliphatic heterocycles. The Bertz CT molecular complexity index is 355. The van der Waals surface area contributed by atoms with Gasteiger partial charge in [0.05, 0.1) is 0 Å². The second kappa shape index (κ2) is 6.13. The first kappa shape index (κ1) is 13.3. The molecular formula is C13H19IN2O. The average molecular weight is 346 g/mol. The molecule has 0 saturated carbocycles. The van der Waals surface area contributed by atoms with E-state index < -0.39 is 0 Å². The summed E-state index contributed by atoms with van der Waals surface area (Å²) in [6.07, 6.45) is 1.10. The third-order valence-electron chi connectivity index (χ3n) is 3.59. The summed E-state index contributed by atoms with van der Waals surface area (Å²) < 4.78 is 3.14. The number of aliphatic hydroxyl groups is 1. The molecule has 1 saturated heterocycles. The number of hydrogen-bond donors (Lipinski definition) is 2. The number of aliphatic hydroxyl groups excluding tert-OH is 1. The number of benzene rings is 1. The number of aryl methyl sites for hydroxylation is 1. The van der Waals surface area contributed by atoms with Gasteiger partial charge in [-0.15, -0.1) is 0 Å². The molecule has 0 amide bonds. The van der Waals surface area contributed by atoms with Crippen molar-refractivity contribution in [2.75, 3.05) is 19.7 Å². The highest BCUT2D eigenvalue weighted by Gasteiger charge is 2.29. The molecule has 2 rings (SSSR count). The van der Waals surface area contributed by atoms with Crippen molar-refractivity contribution in [3.05, 3.63) is 35.4 Å². The summed E-state index contributed by atoms with van der Waals surface area (Å²) in [5.74, 6) is 0.815. The highest BCUT2D eigenvalue weighted by atomic mass is 127. The molecule has 17 heavy (non-hydrogen) atoms. The van der Waals surface area contributed by atoms with Crippen LogP contribution in [0.5, 0.6) is 0 Å². The van der Waals surface area contributed by atoms with Crippen LogP contribution in [0.4, 0.5) is 0 Å². The Morgan fingerprint density at radius 3 is 2.71 bits per heavy atom. The zero-order valence-electron chi connectivity index (χ0n) is 10.1. The van der Waals surface area contributed by atoms with Crippen molar-refractivity contribution in [1.82, 2.24) is 8.65 Å². The van der Waals surface area contributed by atoms with Gasteiger partial charge in [0.15, 0.2) is 0 Å². The predicted octanol–water partition coefficient (Wildman–Crippen LogP) is 2.25. The van der Waals surface area contributed by atoms with Crippen LogP contribution in [0.1, 0.15) is 23.5 Å². The molecule has 1 heterocycles. The van der Waals surface area contributed by atoms with Crippen LogP contribution in [0.25, 0.3) is 0 Å². The summed E-state index contributed by atoms with van der Waals surface area (Å²) in [4.78, 5) is 0. The zero-order valence-corrected chi connectivity index (χ0v) is 12.2. The molecule has 2 atom stereocenters. The van der Waals surface area contributed by atoms with Crippen LogP contribution >= 0.6 is 22.9 Å². The molecule has 1 aromatic carbocycles. The molecule has 0 bridgehead atoms. The quantitative estimate of drug-likeness (QED) is 0.651. The largest absolute Gasteiger partial charge is 0.396 e. The molecule has 1 fully saturated rings. The maximum absolute atomic E-state index is 9.53. The Morgan fingerprint density at radius 1 is 1.41 bits per heavy atom. The van der Waals surface area contributed by atoms with E-state index in [1.165, 1.54) is 11.1 Å². The van der Waals surface area contributed by atoms with Gasteiger partial charge < -0.3 is 5.11 Å². The molecule has 2 N–H and O–H groups in total. The first-order chi connectivity index (χ1) is 8.24. The lowest BCUT2D eigenvalue weighted by atomic mass is 9.81. The Labute approximate surface area is 117 Å². The average Bonchev–Trinajstić information content (AvgIpc) is 2.39. The summed E-state index contributed by atoms with van der Waals surface area (Å²) in [6, 6.07) is 8.73. The molecule has 3 nitrogen and oxygen atoms in total. The van der Waals surface area contributed by atoms with Gasteiger partial charge >= 0.3 is 0 Å². The van der Waals surface area contributed by atoms with Gasteiger partial charge in [0, 0.05) is 48.5 Å². The lowest BCUT2D eigenvalue weighted by molar-refractivity contribution is 0.0946. The Morgan fingerprint density at radius 2 is 2.12 bits per heavy atom. The molecular weight excluding hydrogens is 327 g/mol. The van der Waals surface area contributed by atoms with Crippen LogP contribution in [-0.2, 0) is 0 Å². The summed E-state index contributed by atoms with van der Waals surface area (Å²) >= 11 is 2.15. The molecule has 94 valence electrons. The zero-order chi connectivity index (χ0) is 12.3. The van der Waals surface area contributed by atoms with Gasteiger partial charge in [0.1, 0.15) is 0 Å². The normalized spacial score (nSPS) is 26.1. The van der Waals surface area contributed by atoms with E-state index in [1.807, 2.05) is 0 Å². The first-order valence-corrected chi connectivity index (χ1v) is 7.11. The van der Waals surface area contributed by atoms with E-state index in [1.54, 1.807) is 0 Å². The number of piperidine rings is 1. The van der Waals surface area contributed by atoms with Crippen molar-refractivity contribution in [3.63, 3.8) is 0 Å². The molecule has 1 aliphatic rings. The molecule has 0 spiro atoms. The lowest BCUT2D eigenvalue weighted by Gasteiger charge is -2.37. The number of hydrogen-bond acceptors (Lipinski definition) is 3. The van der Waals surface area contributed by atoms with Crippen molar-refractivity contribution in [1.29, 1.82) is 0 Å². The highest BCUT2D eigenvalue weighted by Crippen LogP contribution is 2.32. The standard InChI is InChI=1S/C13H19IN2O/c1-10-2-4-11(5-3-10)13-6-7-16(15-14)8-12(13)9-17/h2-5,12-13,15,17H,6-9H2,1H3/t12-,13-/m0/s1. The SMILES string of the molecule is Cc1ccc([C@@H]2CCN(NI)C[C@H]2CO)cc1. The van der Waals surface area contributed by atoms with Gasteiger partial charge in [-0.05, 0) is 24.8 Å². The third kappa shape index (κ3) is 3.19. The van der Waals surface area contributed by atoms with E-state index in [9.17, 15) is 5.11 Å². The van der Waals surface area contributed by atoms with Crippen LogP contribution in [-0.4, -0.2) is 29.8 Å². The number of halogens is 1. The van der Waals surface area contributed by atoms with Crippen molar-refractivity contribution in [2.45, 2.75) is 19.3 Å². The van der Waals surface area contributed by atoms with Crippen molar-refractivity contribution >= 4 is 22.9 Å². The van der Waals surface area contributed by atoms with Crippen molar-refractivity contribution < 1.29 is 5.11 Å². The van der Waals surface area contributed by atoms with Gasteiger partial charge in [-0.25, -0.2) is 5.01 Å². The molecule has 0 unspecified atom stereocenters. The second-order valence-corrected chi connectivity index (χ2v) is 5.26. The maximum Gasteiger partial charge on any atom is 0.0477 e. The molecule has 0 aromatic heterocycles. The number of rotatable bonds is 3. The van der Waals surface area contributed by atoms with Gasteiger partial charge in [-0.2, -0.15) is 3.64 Å². The molecule has 0 radical (unpaired) electrons. The molecule has 4 heteroatoms. The minimum atomic E-state index is 0.257. The van der Waals surface area contributed by atoms with Crippen molar-refractivity contribution in [2.24, 2.45) is 5.92 Å². The van der Waals surface area contributed by atoms with E-state index in [2.05, 4.69) is 62.7 Å². The first-order valence-electron chi connectivity index (χ1n) is 6.03. The number of nitrogens with zero attached hydrogens (tertiary/aromatic N) is 1. The van der Waals surface area contributed by atoms with Crippen LogP contribution in [0.3, 0.4) is 0 Å². The fourth-order valence-electron chi connectivity index (χ4n) is 2.55. The van der Waals surface area contributed by atoms with Crippen LogP contribution in [0, 0.1) is 12.8 Å².